The molecule has 0 spiro atoms. The first-order valence-electron chi connectivity index (χ1n) is 7.27. The molecule has 0 aliphatic rings. The molecule has 0 fully saturated rings. The van der Waals surface area contributed by atoms with Crippen LogP contribution in [0.4, 0.5) is 11.4 Å². The molecule has 0 radical (unpaired) electrons. The van der Waals surface area contributed by atoms with Gasteiger partial charge in [0, 0.05) is 11.6 Å². The van der Waals surface area contributed by atoms with Crippen LogP contribution in [-0.4, -0.2) is 35.2 Å². The van der Waals surface area contributed by atoms with E-state index in [0.717, 1.165) is 12.3 Å². The zero-order chi connectivity index (χ0) is 20.0. The van der Waals surface area contributed by atoms with Gasteiger partial charge in [-0.2, -0.15) is 5.10 Å². The second-order valence-corrected chi connectivity index (χ2v) is 5.39. The summed E-state index contributed by atoms with van der Waals surface area (Å²) in [6, 6.07) is 8.63. The Labute approximate surface area is 157 Å². The zero-order valence-electron chi connectivity index (χ0n) is 13.8. The van der Waals surface area contributed by atoms with Crippen molar-refractivity contribution in [1.82, 2.24) is 5.43 Å². The fourth-order valence-corrected chi connectivity index (χ4v) is 2.12. The molecule has 3 N–H and O–H groups in total. The standard InChI is InChI=1S/C16H13ClN4O6/c1-27-13-7-9(6-12(14(13)22)21(25)26)8-18-20-16(24)15(23)19-11-5-3-2-4-10(11)17/h2-8,22H,1H3,(H,19,23)(H,20,24)/b18-8-. The van der Waals surface area contributed by atoms with Crippen molar-refractivity contribution < 1.29 is 24.4 Å². The number of nitro benzene ring substituents is 1. The highest BCUT2D eigenvalue weighted by Crippen LogP contribution is 2.36. The summed E-state index contributed by atoms with van der Waals surface area (Å²) in [5, 5.41) is 26.7. The molecule has 140 valence electrons. The summed E-state index contributed by atoms with van der Waals surface area (Å²) in [4.78, 5) is 33.7. The highest BCUT2D eigenvalue weighted by Gasteiger charge is 2.19. The van der Waals surface area contributed by atoms with Crippen molar-refractivity contribution in [2.45, 2.75) is 0 Å². The first-order chi connectivity index (χ1) is 12.8. The average molecular weight is 393 g/mol. The molecule has 2 aromatic rings. The number of benzene rings is 2. The lowest BCUT2D eigenvalue weighted by atomic mass is 10.2. The smallest absolute Gasteiger partial charge is 0.329 e. The quantitative estimate of drug-likeness (QED) is 0.307. The number of nitrogens with zero attached hydrogens (tertiary/aromatic N) is 2. The SMILES string of the molecule is COc1cc(/C=N\NC(=O)C(=O)Nc2ccccc2Cl)cc([N+](=O)[O-])c1O. The lowest BCUT2D eigenvalue weighted by molar-refractivity contribution is -0.386. The molecule has 0 bridgehead atoms. The number of carbonyl (C=O) groups excluding carboxylic acids is 2. The van der Waals surface area contributed by atoms with E-state index in [4.69, 9.17) is 16.3 Å². The van der Waals surface area contributed by atoms with Crippen LogP contribution < -0.4 is 15.5 Å². The first kappa shape index (κ1) is 19.7. The maximum atomic E-state index is 11.8. The number of nitro groups is 1. The van der Waals surface area contributed by atoms with E-state index in [1.165, 1.54) is 19.2 Å². The Balaban J connectivity index is 2.07. The second-order valence-electron chi connectivity index (χ2n) is 4.98. The van der Waals surface area contributed by atoms with E-state index in [9.17, 15) is 24.8 Å². The number of hydrogen-bond donors (Lipinski definition) is 3. The number of methoxy groups -OCH3 is 1. The minimum atomic E-state index is -1.08. The topological polar surface area (TPSA) is 143 Å². The summed E-state index contributed by atoms with van der Waals surface area (Å²) < 4.78 is 4.84. The molecule has 0 saturated heterocycles. The molecule has 0 saturated carbocycles. The van der Waals surface area contributed by atoms with E-state index >= 15 is 0 Å². The van der Waals surface area contributed by atoms with Crippen LogP contribution >= 0.6 is 11.6 Å². The van der Waals surface area contributed by atoms with Crippen LogP contribution in [0.15, 0.2) is 41.5 Å². The number of aromatic hydroxyl groups is 1. The largest absolute Gasteiger partial charge is 0.500 e. The van der Waals surface area contributed by atoms with Crippen LogP contribution in [0.2, 0.25) is 5.02 Å². The number of hydrazone groups is 1. The number of carbonyl (C=O) groups is 2. The van der Waals surface area contributed by atoms with E-state index < -0.39 is 28.2 Å². The van der Waals surface area contributed by atoms with Crippen LogP contribution in [0.1, 0.15) is 5.56 Å². The molecule has 0 aromatic heterocycles. The molecule has 2 aromatic carbocycles. The normalized spacial score (nSPS) is 10.4. The van der Waals surface area contributed by atoms with E-state index in [1.54, 1.807) is 18.2 Å². The van der Waals surface area contributed by atoms with Gasteiger partial charge in [-0.05, 0) is 18.2 Å². The van der Waals surface area contributed by atoms with Crippen LogP contribution in [0.5, 0.6) is 11.5 Å². The van der Waals surface area contributed by atoms with Crippen LogP contribution in [0.25, 0.3) is 0 Å². The van der Waals surface area contributed by atoms with Gasteiger partial charge in [0.15, 0.2) is 5.75 Å². The van der Waals surface area contributed by atoms with Gasteiger partial charge in [-0.1, -0.05) is 23.7 Å². The van der Waals surface area contributed by atoms with Gasteiger partial charge in [-0.3, -0.25) is 19.7 Å². The second kappa shape index (κ2) is 8.63. The van der Waals surface area contributed by atoms with Crippen LogP contribution in [0.3, 0.4) is 0 Å². The fourth-order valence-electron chi connectivity index (χ4n) is 1.94. The maximum Gasteiger partial charge on any atom is 0.329 e. The molecule has 27 heavy (non-hydrogen) atoms. The van der Waals surface area contributed by atoms with Crippen molar-refractivity contribution in [2.75, 3.05) is 12.4 Å². The van der Waals surface area contributed by atoms with Crippen molar-refractivity contribution in [3.63, 3.8) is 0 Å². The number of para-hydroxylation sites is 1. The Hall–Kier alpha value is -3.66. The molecule has 10 nitrogen and oxygen atoms in total. The number of ether oxygens (including phenoxy) is 1. The predicted octanol–water partition coefficient (Wildman–Crippen LogP) is 2.05. The number of amides is 2. The monoisotopic (exact) mass is 392 g/mol. The van der Waals surface area contributed by atoms with Gasteiger partial charge in [0.05, 0.1) is 29.0 Å². The third-order valence-electron chi connectivity index (χ3n) is 3.20. The number of rotatable bonds is 5. The van der Waals surface area contributed by atoms with Gasteiger partial charge in [0.1, 0.15) is 0 Å². The molecule has 0 unspecified atom stereocenters. The number of halogens is 1. The van der Waals surface area contributed by atoms with Crippen molar-refractivity contribution >= 4 is 41.0 Å². The van der Waals surface area contributed by atoms with Crippen LogP contribution in [-0.2, 0) is 9.59 Å². The van der Waals surface area contributed by atoms with E-state index in [0.29, 0.717) is 0 Å². The minimum Gasteiger partial charge on any atom is -0.500 e. The van der Waals surface area contributed by atoms with Crippen molar-refractivity contribution in [1.29, 1.82) is 0 Å². The van der Waals surface area contributed by atoms with Crippen molar-refractivity contribution in [2.24, 2.45) is 5.10 Å². The van der Waals surface area contributed by atoms with Gasteiger partial charge in [0.25, 0.3) is 0 Å². The van der Waals surface area contributed by atoms with Gasteiger partial charge >= 0.3 is 17.5 Å². The average Bonchev–Trinajstić information content (AvgIpc) is 2.64. The predicted molar refractivity (Wildman–Crippen MR) is 97.1 cm³/mol. The molecule has 2 rings (SSSR count). The number of phenolic OH excluding ortho intramolecular Hbond substituents is 1. The zero-order valence-corrected chi connectivity index (χ0v) is 14.6. The molecule has 0 atom stereocenters. The van der Waals surface area contributed by atoms with E-state index in [1.807, 2.05) is 5.43 Å². The van der Waals surface area contributed by atoms with Crippen LogP contribution in [0, 0.1) is 10.1 Å². The van der Waals surface area contributed by atoms with Gasteiger partial charge in [-0.25, -0.2) is 5.43 Å². The maximum absolute atomic E-state index is 11.8. The van der Waals surface area contributed by atoms with E-state index in [2.05, 4.69) is 10.4 Å². The number of anilines is 1. The summed E-state index contributed by atoms with van der Waals surface area (Å²) in [5.74, 6) is -2.86. The van der Waals surface area contributed by atoms with Gasteiger partial charge in [-0.15, -0.1) is 0 Å². The molecule has 11 heteroatoms. The number of hydrogen-bond acceptors (Lipinski definition) is 7. The van der Waals surface area contributed by atoms with E-state index in [-0.39, 0.29) is 22.0 Å². The Bertz CT molecular complexity index is 931. The number of phenols is 1. The Morgan fingerprint density at radius 2 is 2.00 bits per heavy atom. The summed E-state index contributed by atoms with van der Waals surface area (Å²) in [5.41, 5.74) is 1.78. The minimum absolute atomic E-state index is 0.145. The van der Waals surface area contributed by atoms with Crippen molar-refractivity contribution in [3.05, 3.63) is 57.1 Å². The summed E-state index contributed by atoms with van der Waals surface area (Å²) in [6.45, 7) is 0. The molecule has 0 heterocycles. The Morgan fingerprint density at radius 3 is 2.63 bits per heavy atom. The molecule has 0 aliphatic heterocycles. The molecule has 2 amide bonds. The van der Waals surface area contributed by atoms with Crippen molar-refractivity contribution in [3.8, 4) is 11.5 Å². The summed E-state index contributed by atoms with van der Waals surface area (Å²) in [6.07, 6.45) is 1.05. The summed E-state index contributed by atoms with van der Waals surface area (Å²) >= 11 is 5.88. The highest BCUT2D eigenvalue weighted by atomic mass is 35.5. The highest BCUT2D eigenvalue weighted by molar-refractivity contribution is 6.41. The first-order valence-corrected chi connectivity index (χ1v) is 7.65. The third-order valence-corrected chi connectivity index (χ3v) is 3.53. The molecular weight excluding hydrogens is 380 g/mol. The summed E-state index contributed by atoms with van der Waals surface area (Å²) in [7, 11) is 1.22. The third kappa shape index (κ3) is 4.92. The lowest BCUT2D eigenvalue weighted by Crippen LogP contribution is -2.32. The van der Waals surface area contributed by atoms with Gasteiger partial charge < -0.3 is 15.2 Å². The fraction of sp³-hybridized carbons (Fsp3) is 0.0625. The number of nitrogens with one attached hydrogen (secondary N) is 2. The lowest BCUT2D eigenvalue weighted by Gasteiger charge is -2.06. The molecule has 0 aliphatic carbocycles. The Morgan fingerprint density at radius 1 is 1.30 bits per heavy atom. The Kier molecular flexibility index (Phi) is 6.28. The van der Waals surface area contributed by atoms with Gasteiger partial charge in [0.2, 0.25) is 5.75 Å². The molecular formula is C16H13ClN4O6.